The number of nitrogens with two attached hydrogens (primary N) is 1. The molecule has 3 N–H and O–H groups in total. The Morgan fingerprint density at radius 1 is 1.50 bits per heavy atom. The van der Waals surface area contributed by atoms with Gasteiger partial charge in [-0.05, 0) is 37.6 Å². The van der Waals surface area contributed by atoms with Crippen molar-refractivity contribution in [2.24, 2.45) is 5.73 Å². The number of nitrogens with one attached hydrogen (secondary N) is 1. The van der Waals surface area contributed by atoms with E-state index in [0.717, 1.165) is 5.56 Å². The number of anilines is 1. The van der Waals surface area contributed by atoms with Crippen molar-refractivity contribution >= 4 is 29.2 Å². The van der Waals surface area contributed by atoms with Gasteiger partial charge < -0.3 is 15.8 Å². The number of carbonyl (C=O) groups excluding carboxylic acids is 2. The molecule has 0 bridgehead atoms. The van der Waals surface area contributed by atoms with Crippen LogP contribution < -0.4 is 11.1 Å². The van der Waals surface area contributed by atoms with Gasteiger partial charge in [-0.3, -0.25) is 4.79 Å². The van der Waals surface area contributed by atoms with Gasteiger partial charge in [-0.2, -0.15) is 0 Å². The van der Waals surface area contributed by atoms with E-state index in [9.17, 15) is 9.59 Å². The first-order valence-electron chi connectivity index (χ1n) is 5.45. The van der Waals surface area contributed by atoms with E-state index < -0.39 is 17.9 Å². The number of carbonyl (C=O) groups is 2. The maximum Gasteiger partial charge on any atom is 0.332 e. The van der Waals surface area contributed by atoms with Gasteiger partial charge in [0.05, 0.1) is 6.61 Å². The van der Waals surface area contributed by atoms with Crippen LogP contribution in [0.1, 0.15) is 12.5 Å². The molecule has 1 rings (SSSR count). The Balaban J connectivity index is 2.72. The Bertz CT molecular complexity index is 463. The standard InChI is InChI=1S/C12H15ClN2O3/c1-3-18-12(17)10(14)11(16)15-9-5-4-8(13)6-7(9)2/h4-6,10H,3,14H2,1-2H3,(H,15,16). The van der Waals surface area contributed by atoms with E-state index in [1.807, 2.05) is 0 Å². The van der Waals surface area contributed by atoms with Crippen molar-refractivity contribution in [1.82, 2.24) is 0 Å². The zero-order valence-corrected chi connectivity index (χ0v) is 11.0. The van der Waals surface area contributed by atoms with Crippen LogP contribution >= 0.6 is 11.6 Å². The third kappa shape index (κ3) is 3.72. The molecule has 6 heteroatoms. The number of amides is 1. The fraction of sp³-hybridized carbons (Fsp3) is 0.333. The number of aryl methyl sites for hydroxylation is 1. The van der Waals surface area contributed by atoms with E-state index in [-0.39, 0.29) is 6.61 Å². The van der Waals surface area contributed by atoms with Gasteiger partial charge in [0.1, 0.15) is 0 Å². The zero-order valence-electron chi connectivity index (χ0n) is 10.2. The molecule has 1 unspecified atom stereocenters. The third-order valence-corrected chi connectivity index (χ3v) is 2.50. The Kier molecular flexibility index (Phi) is 5.12. The van der Waals surface area contributed by atoms with Crippen LogP contribution in [0.4, 0.5) is 5.69 Å². The molecule has 0 aliphatic rings. The summed E-state index contributed by atoms with van der Waals surface area (Å²) in [5, 5.41) is 3.12. The maximum absolute atomic E-state index is 11.7. The van der Waals surface area contributed by atoms with Crippen LogP contribution in [0.3, 0.4) is 0 Å². The van der Waals surface area contributed by atoms with Crippen LogP contribution in [-0.4, -0.2) is 24.5 Å². The van der Waals surface area contributed by atoms with Gasteiger partial charge in [-0.15, -0.1) is 0 Å². The van der Waals surface area contributed by atoms with Crippen LogP contribution in [0.15, 0.2) is 18.2 Å². The molecule has 98 valence electrons. The minimum Gasteiger partial charge on any atom is -0.464 e. The Labute approximate surface area is 110 Å². The van der Waals surface area contributed by atoms with Crippen molar-refractivity contribution in [3.8, 4) is 0 Å². The summed E-state index contributed by atoms with van der Waals surface area (Å²) in [5.74, 6) is -1.36. The first-order chi connectivity index (χ1) is 8.45. The van der Waals surface area contributed by atoms with Gasteiger partial charge in [0.2, 0.25) is 0 Å². The lowest BCUT2D eigenvalue weighted by Crippen LogP contribution is -2.43. The highest BCUT2D eigenvalue weighted by Crippen LogP contribution is 2.19. The minimum atomic E-state index is -1.33. The second-order valence-corrected chi connectivity index (χ2v) is 4.11. The predicted molar refractivity (Wildman–Crippen MR) is 69.4 cm³/mol. The highest BCUT2D eigenvalue weighted by molar-refractivity contribution is 6.30. The summed E-state index contributed by atoms with van der Waals surface area (Å²) in [7, 11) is 0. The van der Waals surface area contributed by atoms with E-state index >= 15 is 0 Å². The number of ether oxygens (including phenoxy) is 1. The molecular weight excluding hydrogens is 256 g/mol. The molecule has 0 aliphatic carbocycles. The molecule has 5 nitrogen and oxygen atoms in total. The van der Waals surface area contributed by atoms with Crippen LogP contribution in [0.5, 0.6) is 0 Å². The highest BCUT2D eigenvalue weighted by atomic mass is 35.5. The first-order valence-corrected chi connectivity index (χ1v) is 5.82. The molecular formula is C12H15ClN2O3. The molecule has 1 atom stereocenters. The minimum absolute atomic E-state index is 0.180. The normalized spacial score (nSPS) is 11.8. The van der Waals surface area contributed by atoms with Crippen LogP contribution in [0, 0.1) is 6.92 Å². The molecule has 0 saturated heterocycles. The average molecular weight is 271 g/mol. The summed E-state index contributed by atoms with van der Waals surface area (Å²) in [5.41, 5.74) is 6.81. The number of benzene rings is 1. The fourth-order valence-electron chi connectivity index (χ4n) is 1.32. The molecule has 1 amide bonds. The lowest BCUT2D eigenvalue weighted by molar-refractivity contribution is -0.146. The second kappa shape index (κ2) is 6.37. The first kappa shape index (κ1) is 14.5. The van der Waals surface area contributed by atoms with E-state index in [1.54, 1.807) is 32.0 Å². The van der Waals surface area contributed by atoms with Gasteiger partial charge >= 0.3 is 5.97 Å². The van der Waals surface area contributed by atoms with Crippen molar-refractivity contribution in [2.45, 2.75) is 19.9 Å². The molecule has 0 aromatic heterocycles. The third-order valence-electron chi connectivity index (χ3n) is 2.27. The summed E-state index contributed by atoms with van der Waals surface area (Å²) in [6, 6.07) is 3.65. The van der Waals surface area contributed by atoms with E-state index in [1.165, 1.54) is 0 Å². The molecule has 0 saturated carbocycles. The van der Waals surface area contributed by atoms with E-state index in [4.69, 9.17) is 17.3 Å². The van der Waals surface area contributed by atoms with E-state index in [0.29, 0.717) is 10.7 Å². The van der Waals surface area contributed by atoms with Crippen LogP contribution in [-0.2, 0) is 14.3 Å². The highest BCUT2D eigenvalue weighted by Gasteiger charge is 2.23. The Morgan fingerprint density at radius 2 is 2.17 bits per heavy atom. The largest absolute Gasteiger partial charge is 0.464 e. The van der Waals surface area contributed by atoms with Crippen LogP contribution in [0.2, 0.25) is 5.02 Å². The van der Waals surface area contributed by atoms with Gasteiger partial charge in [0.25, 0.3) is 5.91 Å². The maximum atomic E-state index is 11.7. The number of hydrogen-bond donors (Lipinski definition) is 2. The summed E-state index contributed by atoms with van der Waals surface area (Å²) in [6.45, 7) is 3.61. The monoisotopic (exact) mass is 270 g/mol. The molecule has 0 fully saturated rings. The molecule has 0 radical (unpaired) electrons. The van der Waals surface area contributed by atoms with E-state index in [2.05, 4.69) is 10.1 Å². The Morgan fingerprint density at radius 3 is 2.72 bits per heavy atom. The molecule has 0 aliphatic heterocycles. The van der Waals surface area contributed by atoms with Crippen molar-refractivity contribution in [3.63, 3.8) is 0 Å². The average Bonchev–Trinajstić information content (AvgIpc) is 2.32. The van der Waals surface area contributed by atoms with Crippen molar-refractivity contribution in [1.29, 1.82) is 0 Å². The Hall–Kier alpha value is -1.59. The molecule has 1 aromatic carbocycles. The number of hydrogen-bond acceptors (Lipinski definition) is 4. The lowest BCUT2D eigenvalue weighted by Gasteiger charge is -2.12. The quantitative estimate of drug-likeness (QED) is 0.641. The smallest absolute Gasteiger partial charge is 0.332 e. The molecule has 18 heavy (non-hydrogen) atoms. The second-order valence-electron chi connectivity index (χ2n) is 3.68. The van der Waals surface area contributed by atoms with Crippen molar-refractivity contribution in [3.05, 3.63) is 28.8 Å². The topological polar surface area (TPSA) is 81.4 Å². The summed E-state index contributed by atoms with van der Waals surface area (Å²) in [4.78, 5) is 23.0. The summed E-state index contributed by atoms with van der Waals surface area (Å²) < 4.78 is 4.67. The summed E-state index contributed by atoms with van der Waals surface area (Å²) in [6.07, 6.45) is 0. The van der Waals surface area contributed by atoms with Crippen LogP contribution in [0.25, 0.3) is 0 Å². The number of rotatable bonds is 4. The zero-order chi connectivity index (χ0) is 13.7. The predicted octanol–water partition coefficient (Wildman–Crippen LogP) is 1.48. The van der Waals surface area contributed by atoms with Crippen molar-refractivity contribution < 1.29 is 14.3 Å². The number of esters is 1. The lowest BCUT2D eigenvalue weighted by atomic mass is 10.2. The molecule has 0 heterocycles. The number of halogens is 1. The van der Waals surface area contributed by atoms with Crippen molar-refractivity contribution in [2.75, 3.05) is 11.9 Å². The van der Waals surface area contributed by atoms with Gasteiger partial charge in [-0.25, -0.2) is 4.79 Å². The van der Waals surface area contributed by atoms with Gasteiger partial charge in [0.15, 0.2) is 6.04 Å². The van der Waals surface area contributed by atoms with Gasteiger partial charge in [-0.1, -0.05) is 11.6 Å². The van der Waals surface area contributed by atoms with Gasteiger partial charge in [0, 0.05) is 10.7 Å². The molecule has 1 aromatic rings. The molecule has 0 spiro atoms. The summed E-state index contributed by atoms with van der Waals surface area (Å²) >= 11 is 5.80. The fourth-order valence-corrected chi connectivity index (χ4v) is 1.54. The SMILES string of the molecule is CCOC(=O)C(N)C(=O)Nc1ccc(Cl)cc1C.